The van der Waals surface area contributed by atoms with Gasteiger partial charge in [-0.3, -0.25) is 4.79 Å². The van der Waals surface area contributed by atoms with E-state index in [1.807, 2.05) is 0 Å². The highest BCUT2D eigenvalue weighted by molar-refractivity contribution is 5.79. The molecule has 1 amide bonds. The Morgan fingerprint density at radius 2 is 2.28 bits per heavy atom. The van der Waals surface area contributed by atoms with E-state index in [-0.39, 0.29) is 36.4 Å². The van der Waals surface area contributed by atoms with E-state index < -0.39 is 0 Å². The van der Waals surface area contributed by atoms with E-state index in [9.17, 15) is 9.90 Å². The average Bonchev–Trinajstić information content (AvgIpc) is 2.41. The van der Waals surface area contributed by atoms with E-state index >= 15 is 0 Å². The van der Waals surface area contributed by atoms with Crippen LogP contribution in [-0.4, -0.2) is 54.4 Å². The van der Waals surface area contributed by atoms with Crippen molar-refractivity contribution in [3.05, 3.63) is 0 Å². The first-order chi connectivity index (χ1) is 8.65. The number of morpholine rings is 1. The maximum Gasteiger partial charge on any atom is 0.226 e. The van der Waals surface area contributed by atoms with Crippen LogP contribution in [0.25, 0.3) is 0 Å². The fourth-order valence-electron chi connectivity index (χ4n) is 3.06. The Bertz CT molecular complexity index is 288. The van der Waals surface area contributed by atoms with E-state index in [0.29, 0.717) is 19.8 Å². The SMILES string of the molecule is CC1C(N)CCCC1C(=O)N1CCOCC1CO. The highest BCUT2D eigenvalue weighted by atomic mass is 16.5. The smallest absolute Gasteiger partial charge is 0.226 e. The number of carbonyl (C=O) groups excluding carboxylic acids is 1. The Morgan fingerprint density at radius 1 is 1.50 bits per heavy atom. The highest BCUT2D eigenvalue weighted by Gasteiger charge is 2.37. The van der Waals surface area contributed by atoms with E-state index in [0.717, 1.165) is 19.3 Å². The van der Waals surface area contributed by atoms with Gasteiger partial charge in [0, 0.05) is 18.5 Å². The second-order valence-electron chi connectivity index (χ2n) is 5.50. The molecular weight excluding hydrogens is 232 g/mol. The third-order valence-corrected chi connectivity index (χ3v) is 4.40. The number of nitrogens with two attached hydrogens (primary N) is 1. The fraction of sp³-hybridized carbons (Fsp3) is 0.923. The zero-order valence-electron chi connectivity index (χ0n) is 11.0. The second kappa shape index (κ2) is 5.99. The fourth-order valence-corrected chi connectivity index (χ4v) is 3.06. The molecule has 0 spiro atoms. The topological polar surface area (TPSA) is 75.8 Å². The van der Waals surface area contributed by atoms with Crippen LogP contribution in [0.2, 0.25) is 0 Å². The molecule has 1 saturated heterocycles. The van der Waals surface area contributed by atoms with Crippen molar-refractivity contribution in [1.29, 1.82) is 0 Å². The first-order valence-corrected chi connectivity index (χ1v) is 6.89. The van der Waals surface area contributed by atoms with Crippen LogP contribution in [0.15, 0.2) is 0 Å². The largest absolute Gasteiger partial charge is 0.394 e. The summed E-state index contributed by atoms with van der Waals surface area (Å²) >= 11 is 0. The summed E-state index contributed by atoms with van der Waals surface area (Å²) in [6, 6.07) is -0.0575. The summed E-state index contributed by atoms with van der Waals surface area (Å²) in [5.74, 6) is 0.398. The molecule has 2 fully saturated rings. The first kappa shape index (κ1) is 13.8. The Labute approximate surface area is 108 Å². The van der Waals surface area contributed by atoms with E-state index in [4.69, 9.17) is 10.5 Å². The minimum atomic E-state index is -0.184. The summed E-state index contributed by atoms with van der Waals surface area (Å²) in [5.41, 5.74) is 6.06. The maximum atomic E-state index is 12.6. The van der Waals surface area contributed by atoms with Gasteiger partial charge in [-0.1, -0.05) is 13.3 Å². The number of rotatable bonds is 2. The Kier molecular flexibility index (Phi) is 4.59. The molecule has 18 heavy (non-hydrogen) atoms. The monoisotopic (exact) mass is 256 g/mol. The normalized spacial score (nSPS) is 37.6. The summed E-state index contributed by atoms with van der Waals surface area (Å²) in [6.07, 6.45) is 2.96. The third-order valence-electron chi connectivity index (χ3n) is 4.40. The highest BCUT2D eigenvalue weighted by Crippen LogP contribution is 2.31. The van der Waals surface area contributed by atoms with Crippen molar-refractivity contribution in [3.63, 3.8) is 0 Å². The molecule has 1 aliphatic carbocycles. The molecule has 2 rings (SSSR count). The summed E-state index contributed by atoms with van der Waals surface area (Å²) in [5, 5.41) is 9.33. The minimum absolute atomic E-state index is 0.0147. The van der Waals surface area contributed by atoms with Gasteiger partial charge >= 0.3 is 0 Å². The van der Waals surface area contributed by atoms with Gasteiger partial charge in [-0.25, -0.2) is 0 Å². The lowest BCUT2D eigenvalue weighted by atomic mass is 9.76. The molecule has 5 nitrogen and oxygen atoms in total. The standard InChI is InChI=1S/C13H24N2O3/c1-9-11(3-2-4-12(9)14)13(17)15-5-6-18-8-10(15)7-16/h9-12,16H,2-8,14H2,1H3. The van der Waals surface area contributed by atoms with Crippen LogP contribution in [0.1, 0.15) is 26.2 Å². The minimum Gasteiger partial charge on any atom is -0.394 e. The lowest BCUT2D eigenvalue weighted by Crippen LogP contribution is -2.54. The number of aliphatic hydroxyl groups is 1. The molecule has 1 aliphatic heterocycles. The van der Waals surface area contributed by atoms with Crippen LogP contribution >= 0.6 is 0 Å². The van der Waals surface area contributed by atoms with Crippen molar-refractivity contribution in [1.82, 2.24) is 4.90 Å². The summed E-state index contributed by atoms with van der Waals surface area (Å²) in [4.78, 5) is 14.4. The Hall–Kier alpha value is -0.650. The Morgan fingerprint density at radius 3 is 3.00 bits per heavy atom. The van der Waals surface area contributed by atoms with Crippen molar-refractivity contribution in [2.45, 2.75) is 38.3 Å². The zero-order chi connectivity index (χ0) is 13.1. The number of carbonyl (C=O) groups is 1. The molecule has 4 atom stereocenters. The van der Waals surface area contributed by atoms with Crippen molar-refractivity contribution in [2.75, 3.05) is 26.4 Å². The molecule has 4 unspecified atom stereocenters. The molecule has 0 aromatic heterocycles. The van der Waals surface area contributed by atoms with Crippen molar-refractivity contribution in [2.24, 2.45) is 17.6 Å². The average molecular weight is 256 g/mol. The quantitative estimate of drug-likeness (QED) is 0.727. The van der Waals surface area contributed by atoms with Gasteiger partial charge in [-0.05, 0) is 18.8 Å². The summed E-state index contributed by atoms with van der Waals surface area (Å²) < 4.78 is 5.31. The maximum absolute atomic E-state index is 12.6. The predicted octanol–water partition coefficient (Wildman–Crippen LogP) is -0.0304. The van der Waals surface area contributed by atoms with Crippen LogP contribution in [0.3, 0.4) is 0 Å². The number of nitrogens with zero attached hydrogens (tertiary/aromatic N) is 1. The van der Waals surface area contributed by atoms with E-state index in [2.05, 4.69) is 6.92 Å². The number of hydrogen-bond acceptors (Lipinski definition) is 4. The van der Waals surface area contributed by atoms with Gasteiger partial charge in [0.25, 0.3) is 0 Å². The molecule has 0 bridgehead atoms. The molecule has 0 radical (unpaired) electrons. The van der Waals surface area contributed by atoms with Crippen molar-refractivity contribution >= 4 is 5.91 Å². The van der Waals surface area contributed by atoms with Gasteiger partial charge in [-0.2, -0.15) is 0 Å². The van der Waals surface area contributed by atoms with E-state index in [1.165, 1.54) is 0 Å². The summed E-state index contributed by atoms with van der Waals surface area (Å²) in [7, 11) is 0. The lowest BCUT2D eigenvalue weighted by Gasteiger charge is -2.40. The van der Waals surface area contributed by atoms with Crippen molar-refractivity contribution < 1.29 is 14.6 Å². The van der Waals surface area contributed by atoms with Crippen LogP contribution in [0.5, 0.6) is 0 Å². The van der Waals surface area contributed by atoms with Gasteiger partial charge in [0.15, 0.2) is 0 Å². The second-order valence-corrected chi connectivity index (χ2v) is 5.50. The zero-order valence-corrected chi connectivity index (χ0v) is 11.0. The number of aliphatic hydroxyl groups excluding tert-OH is 1. The molecule has 1 heterocycles. The number of hydrogen-bond donors (Lipinski definition) is 2. The molecule has 1 saturated carbocycles. The van der Waals surface area contributed by atoms with Gasteiger partial charge in [-0.15, -0.1) is 0 Å². The van der Waals surface area contributed by atoms with Gasteiger partial charge in [0.05, 0.1) is 25.9 Å². The first-order valence-electron chi connectivity index (χ1n) is 6.89. The molecular formula is C13H24N2O3. The lowest BCUT2D eigenvalue weighted by molar-refractivity contribution is -0.149. The molecule has 3 N–H and O–H groups in total. The molecule has 2 aliphatic rings. The van der Waals surface area contributed by atoms with Crippen LogP contribution in [0.4, 0.5) is 0 Å². The van der Waals surface area contributed by atoms with Gasteiger partial charge in [0.2, 0.25) is 5.91 Å². The molecule has 0 aromatic rings. The van der Waals surface area contributed by atoms with E-state index in [1.54, 1.807) is 4.90 Å². The van der Waals surface area contributed by atoms with Crippen LogP contribution in [0, 0.1) is 11.8 Å². The van der Waals surface area contributed by atoms with Gasteiger partial charge in [0.1, 0.15) is 0 Å². The van der Waals surface area contributed by atoms with Gasteiger partial charge < -0.3 is 20.5 Å². The van der Waals surface area contributed by atoms with Crippen molar-refractivity contribution in [3.8, 4) is 0 Å². The third kappa shape index (κ3) is 2.68. The molecule has 0 aromatic carbocycles. The summed E-state index contributed by atoms with van der Waals surface area (Å²) in [6.45, 7) is 3.63. The van der Waals surface area contributed by atoms with Crippen LogP contribution in [-0.2, 0) is 9.53 Å². The molecule has 104 valence electrons. The Balaban J connectivity index is 2.04. The predicted molar refractivity (Wildman–Crippen MR) is 67.9 cm³/mol. The number of amides is 1. The van der Waals surface area contributed by atoms with Crippen LogP contribution < -0.4 is 5.73 Å². The molecule has 5 heteroatoms. The number of ether oxygens (including phenoxy) is 1.